The molecule has 0 aliphatic heterocycles. The highest BCUT2D eigenvalue weighted by Crippen LogP contribution is 2.31. The van der Waals surface area contributed by atoms with Gasteiger partial charge in [0.15, 0.2) is 5.78 Å². The third-order valence-electron chi connectivity index (χ3n) is 6.43. The van der Waals surface area contributed by atoms with Crippen molar-refractivity contribution in [3.63, 3.8) is 0 Å². The van der Waals surface area contributed by atoms with Gasteiger partial charge in [0, 0.05) is 29.6 Å². The minimum Gasteiger partial charge on any atom is -0.494 e. The van der Waals surface area contributed by atoms with Gasteiger partial charge in [-0.25, -0.2) is 0 Å². The summed E-state index contributed by atoms with van der Waals surface area (Å²) in [5.74, 6) is 1.51. The van der Waals surface area contributed by atoms with E-state index in [4.69, 9.17) is 14.9 Å². The predicted octanol–water partition coefficient (Wildman–Crippen LogP) is 7.84. The lowest BCUT2D eigenvalue weighted by Gasteiger charge is -2.21. The van der Waals surface area contributed by atoms with Crippen molar-refractivity contribution in [3.05, 3.63) is 59.4 Å². The number of anilines is 1. The van der Waals surface area contributed by atoms with Gasteiger partial charge in [0.2, 0.25) is 0 Å². The quantitative estimate of drug-likeness (QED) is 0.110. The molecule has 0 unspecified atom stereocenters. The van der Waals surface area contributed by atoms with Gasteiger partial charge in [-0.15, -0.1) is 17.0 Å². The number of nitrogens with zero attached hydrogens (tertiary/aromatic N) is 1. The van der Waals surface area contributed by atoms with Crippen LogP contribution < -0.4 is 10.5 Å². The molecule has 1 aromatic heterocycles. The summed E-state index contributed by atoms with van der Waals surface area (Å²) in [5.41, 5.74) is 8.61. The van der Waals surface area contributed by atoms with Gasteiger partial charge in [-0.05, 0) is 81.2 Å². The monoisotopic (exact) mass is 558 g/mol. The van der Waals surface area contributed by atoms with E-state index in [1.807, 2.05) is 42.5 Å². The fraction of sp³-hybridized carbons (Fsp3) is 0.500. The van der Waals surface area contributed by atoms with Crippen LogP contribution in [0.4, 0.5) is 5.69 Å². The molecule has 0 aliphatic carbocycles. The number of nitrogens with two attached hydrogens (primary N) is 1. The average molecular weight is 560 g/mol. The Morgan fingerprint density at radius 2 is 1.53 bits per heavy atom. The van der Waals surface area contributed by atoms with E-state index >= 15 is 0 Å². The first kappa shape index (κ1) is 29.9. The highest BCUT2D eigenvalue weighted by atomic mass is 79.9. The Balaban J connectivity index is 0.00000456. The van der Waals surface area contributed by atoms with Crippen LogP contribution in [-0.2, 0) is 6.42 Å². The highest BCUT2D eigenvalue weighted by Gasteiger charge is 2.22. The number of furan rings is 1. The van der Waals surface area contributed by atoms with Crippen LogP contribution in [0.3, 0.4) is 0 Å². The number of benzene rings is 2. The summed E-state index contributed by atoms with van der Waals surface area (Å²) < 4.78 is 12.0. The lowest BCUT2D eigenvalue weighted by molar-refractivity contribution is 0.103. The Morgan fingerprint density at radius 3 is 2.17 bits per heavy atom. The Morgan fingerprint density at radius 1 is 0.889 bits per heavy atom. The van der Waals surface area contributed by atoms with E-state index in [1.165, 1.54) is 38.8 Å². The number of hydrogen-bond donors (Lipinski definition) is 1. The van der Waals surface area contributed by atoms with E-state index in [9.17, 15) is 4.79 Å². The smallest absolute Gasteiger partial charge is 0.197 e. The summed E-state index contributed by atoms with van der Waals surface area (Å²) in [4.78, 5) is 16.0. The molecule has 5 nitrogen and oxygen atoms in total. The lowest BCUT2D eigenvalue weighted by atomic mass is 9.98. The van der Waals surface area contributed by atoms with Crippen molar-refractivity contribution in [1.29, 1.82) is 0 Å². The van der Waals surface area contributed by atoms with Gasteiger partial charge in [-0.1, -0.05) is 40.0 Å². The number of halogens is 1. The fourth-order valence-electron chi connectivity index (χ4n) is 4.35. The van der Waals surface area contributed by atoms with Crippen LogP contribution in [0.25, 0.3) is 11.0 Å². The molecule has 2 N–H and O–H groups in total. The molecule has 1 heterocycles. The first-order chi connectivity index (χ1) is 17.1. The molecule has 198 valence electrons. The van der Waals surface area contributed by atoms with E-state index in [-0.39, 0.29) is 22.8 Å². The zero-order chi connectivity index (χ0) is 25.0. The van der Waals surface area contributed by atoms with Crippen LogP contribution in [0.1, 0.15) is 87.4 Å². The highest BCUT2D eigenvalue weighted by molar-refractivity contribution is 8.93. The molecule has 0 spiro atoms. The van der Waals surface area contributed by atoms with Crippen molar-refractivity contribution >= 4 is 39.4 Å². The van der Waals surface area contributed by atoms with Gasteiger partial charge >= 0.3 is 0 Å². The van der Waals surface area contributed by atoms with Crippen LogP contribution in [0, 0.1) is 0 Å². The number of rotatable bonds is 16. The fourth-order valence-corrected chi connectivity index (χ4v) is 4.35. The molecule has 3 aromatic rings. The van der Waals surface area contributed by atoms with Crippen molar-refractivity contribution in [1.82, 2.24) is 4.90 Å². The van der Waals surface area contributed by atoms with Crippen LogP contribution in [0.2, 0.25) is 0 Å². The minimum absolute atomic E-state index is 0. The molecule has 2 aromatic carbocycles. The summed E-state index contributed by atoms with van der Waals surface area (Å²) in [5, 5.41) is 0.789. The minimum atomic E-state index is -0.0329. The number of unbranched alkanes of at least 4 members (excludes halogenated alkanes) is 3. The molecule has 0 saturated heterocycles. The number of ketones is 1. The van der Waals surface area contributed by atoms with Gasteiger partial charge < -0.3 is 19.8 Å². The van der Waals surface area contributed by atoms with Gasteiger partial charge in [0.05, 0.1) is 12.2 Å². The van der Waals surface area contributed by atoms with Gasteiger partial charge in [-0.3, -0.25) is 4.79 Å². The summed E-state index contributed by atoms with van der Waals surface area (Å²) in [6, 6.07) is 13.0. The first-order valence-electron chi connectivity index (χ1n) is 13.4. The maximum absolute atomic E-state index is 13.5. The van der Waals surface area contributed by atoms with Crippen LogP contribution in [0.15, 0.2) is 46.9 Å². The SMILES string of the molecule is Br.CCCCc1oc2ccc(N)cc2c1C(=O)c1ccc(OCCCN(CCCC)CCCC)cc1. The third-order valence-corrected chi connectivity index (χ3v) is 6.43. The lowest BCUT2D eigenvalue weighted by Crippen LogP contribution is -2.28. The molecular formula is C30H43BrN2O3. The molecule has 36 heavy (non-hydrogen) atoms. The van der Waals surface area contributed by atoms with Crippen LogP contribution >= 0.6 is 17.0 Å². The van der Waals surface area contributed by atoms with Gasteiger partial charge in [-0.2, -0.15) is 0 Å². The van der Waals surface area contributed by atoms with E-state index in [2.05, 4.69) is 25.7 Å². The number of aryl methyl sites for hydroxylation is 1. The molecule has 0 saturated carbocycles. The maximum atomic E-state index is 13.5. The maximum Gasteiger partial charge on any atom is 0.197 e. The second kappa shape index (κ2) is 15.7. The molecule has 3 rings (SSSR count). The van der Waals surface area contributed by atoms with E-state index in [1.54, 1.807) is 0 Å². The largest absolute Gasteiger partial charge is 0.494 e. The average Bonchev–Trinajstić information content (AvgIpc) is 3.23. The summed E-state index contributed by atoms with van der Waals surface area (Å²) >= 11 is 0. The molecule has 0 amide bonds. The van der Waals surface area contributed by atoms with Crippen molar-refractivity contribution in [2.45, 2.75) is 72.1 Å². The second-order valence-electron chi connectivity index (χ2n) is 9.36. The number of nitrogen functional groups attached to an aromatic ring is 1. The van der Waals surface area contributed by atoms with Crippen molar-refractivity contribution in [2.75, 3.05) is 32.0 Å². The third kappa shape index (κ3) is 8.38. The van der Waals surface area contributed by atoms with Gasteiger partial charge in [0.1, 0.15) is 17.1 Å². The normalized spacial score (nSPS) is 11.1. The Labute approximate surface area is 227 Å². The number of hydrogen-bond acceptors (Lipinski definition) is 5. The Bertz CT molecular complexity index is 1050. The van der Waals surface area contributed by atoms with Crippen molar-refractivity contribution < 1.29 is 13.9 Å². The van der Waals surface area contributed by atoms with Crippen LogP contribution in [0.5, 0.6) is 5.75 Å². The molecule has 0 fully saturated rings. The van der Waals surface area contributed by atoms with E-state index in [0.717, 1.165) is 49.1 Å². The summed E-state index contributed by atoms with van der Waals surface area (Å²) in [7, 11) is 0. The molecule has 0 bridgehead atoms. The first-order valence-corrected chi connectivity index (χ1v) is 13.4. The Kier molecular flexibility index (Phi) is 13.1. The van der Waals surface area contributed by atoms with Gasteiger partial charge in [0.25, 0.3) is 0 Å². The van der Waals surface area contributed by atoms with Crippen LogP contribution in [-0.4, -0.2) is 36.9 Å². The zero-order valence-corrected chi connectivity index (χ0v) is 23.9. The zero-order valence-electron chi connectivity index (χ0n) is 22.2. The molecular weight excluding hydrogens is 516 g/mol. The molecule has 0 atom stereocenters. The Hall–Kier alpha value is -2.31. The molecule has 0 aliphatic rings. The topological polar surface area (TPSA) is 68.7 Å². The molecule has 0 radical (unpaired) electrons. The number of ether oxygens (including phenoxy) is 1. The summed E-state index contributed by atoms with van der Waals surface area (Å²) in [6.45, 7) is 10.7. The summed E-state index contributed by atoms with van der Waals surface area (Å²) in [6.07, 6.45) is 8.69. The number of carbonyl (C=O) groups is 1. The standard InChI is InChI=1S/C30H42N2O3.BrH/c1-4-7-11-28-29(26-22-24(31)14-17-27(26)35-28)30(33)23-12-15-25(16-13-23)34-21-10-20-32(18-8-5-2)19-9-6-3;/h12-17,22H,4-11,18-21,31H2,1-3H3;1H. The predicted molar refractivity (Wildman–Crippen MR) is 156 cm³/mol. The van der Waals surface area contributed by atoms with E-state index < -0.39 is 0 Å². The number of carbonyl (C=O) groups excluding carboxylic acids is 1. The van der Waals surface area contributed by atoms with Crippen molar-refractivity contribution in [3.8, 4) is 5.75 Å². The van der Waals surface area contributed by atoms with E-state index in [0.29, 0.717) is 29.0 Å². The molecule has 6 heteroatoms. The van der Waals surface area contributed by atoms with Crippen molar-refractivity contribution in [2.24, 2.45) is 0 Å². The second-order valence-corrected chi connectivity index (χ2v) is 9.36. The number of fused-ring (bicyclic) bond motifs is 1.